The van der Waals surface area contributed by atoms with E-state index in [1.165, 1.54) is 6.07 Å². The second-order valence-corrected chi connectivity index (χ2v) is 6.33. The molecule has 0 spiro atoms. The number of sulfonamides is 1. The second-order valence-electron chi connectivity index (χ2n) is 4.80. The van der Waals surface area contributed by atoms with Gasteiger partial charge in [-0.25, -0.2) is 13.6 Å². The van der Waals surface area contributed by atoms with Crippen molar-refractivity contribution >= 4 is 21.4 Å². The molecule has 4 N–H and O–H groups in total. The van der Waals surface area contributed by atoms with Crippen LogP contribution in [0.2, 0.25) is 0 Å². The Kier molecular flexibility index (Phi) is 3.71. The summed E-state index contributed by atoms with van der Waals surface area (Å²) in [5.74, 6) is 0. The van der Waals surface area contributed by atoms with Gasteiger partial charge in [0.15, 0.2) is 0 Å². The molecular weight excluding hydrogens is 266 g/mol. The number of nitrogen functional groups attached to an aromatic ring is 1. The summed E-state index contributed by atoms with van der Waals surface area (Å²) in [4.78, 5) is 2.16. The minimum absolute atomic E-state index is 0.0865. The highest BCUT2D eigenvalue weighted by Gasteiger charge is 2.25. The van der Waals surface area contributed by atoms with E-state index in [1.807, 2.05) is 0 Å². The van der Waals surface area contributed by atoms with E-state index in [9.17, 15) is 8.42 Å². The first-order valence-corrected chi connectivity index (χ1v) is 7.58. The van der Waals surface area contributed by atoms with Crippen LogP contribution in [0, 0.1) is 6.92 Å². The van der Waals surface area contributed by atoms with Crippen LogP contribution < -0.4 is 15.8 Å². The Morgan fingerprint density at radius 3 is 2.63 bits per heavy atom. The average Bonchev–Trinajstić information content (AvgIpc) is 2.78. The van der Waals surface area contributed by atoms with Crippen molar-refractivity contribution in [2.24, 2.45) is 5.14 Å². The summed E-state index contributed by atoms with van der Waals surface area (Å²) in [5.41, 5.74) is 7.62. The third-order valence-corrected chi connectivity index (χ3v) is 4.52. The molecule has 1 unspecified atom stereocenters. The molecule has 19 heavy (non-hydrogen) atoms. The topological polar surface area (TPSA) is 98.7 Å². The maximum absolute atomic E-state index is 11.6. The van der Waals surface area contributed by atoms with E-state index in [-0.39, 0.29) is 11.0 Å². The standard InChI is InChI=1S/C12H19N3O3S/c1-8-11(15-4-3-10(7-15)18-2)5-9(13)6-12(8)19(14,16)17/h5-6,10H,3-4,7,13H2,1-2H3,(H2,14,16,17). The van der Waals surface area contributed by atoms with E-state index in [0.717, 1.165) is 25.2 Å². The quantitative estimate of drug-likeness (QED) is 0.786. The van der Waals surface area contributed by atoms with E-state index < -0.39 is 10.0 Å². The summed E-state index contributed by atoms with van der Waals surface area (Å²) < 4.78 is 28.5. The normalized spacial score (nSPS) is 19.9. The van der Waals surface area contributed by atoms with Crippen molar-refractivity contribution in [2.45, 2.75) is 24.3 Å². The summed E-state index contributed by atoms with van der Waals surface area (Å²) in [6.45, 7) is 3.28. The van der Waals surface area contributed by atoms with Crippen LogP contribution in [0.5, 0.6) is 0 Å². The van der Waals surface area contributed by atoms with Gasteiger partial charge in [0, 0.05) is 31.6 Å². The van der Waals surface area contributed by atoms with Crippen LogP contribution in [-0.2, 0) is 14.8 Å². The van der Waals surface area contributed by atoms with Gasteiger partial charge in [0.1, 0.15) is 0 Å². The van der Waals surface area contributed by atoms with Crippen molar-refractivity contribution < 1.29 is 13.2 Å². The predicted molar refractivity (Wildman–Crippen MR) is 74.6 cm³/mol. The zero-order valence-corrected chi connectivity index (χ0v) is 11.9. The van der Waals surface area contributed by atoms with Crippen LogP contribution in [0.4, 0.5) is 11.4 Å². The molecule has 0 amide bonds. The van der Waals surface area contributed by atoms with E-state index in [4.69, 9.17) is 15.6 Å². The summed E-state index contributed by atoms with van der Waals surface area (Å²) in [7, 11) is -2.09. The Labute approximate surface area is 113 Å². The number of hydrogen-bond acceptors (Lipinski definition) is 5. The third kappa shape index (κ3) is 2.83. The molecule has 1 aromatic rings. The van der Waals surface area contributed by atoms with Crippen LogP contribution in [-0.4, -0.2) is 34.7 Å². The molecule has 106 valence electrons. The average molecular weight is 285 g/mol. The van der Waals surface area contributed by atoms with Gasteiger partial charge in [-0.2, -0.15) is 0 Å². The molecule has 0 bridgehead atoms. The molecule has 6 nitrogen and oxygen atoms in total. The van der Waals surface area contributed by atoms with E-state index >= 15 is 0 Å². The molecule has 0 aromatic heterocycles. The number of hydrogen-bond donors (Lipinski definition) is 2. The number of nitrogens with two attached hydrogens (primary N) is 2. The van der Waals surface area contributed by atoms with Crippen LogP contribution in [0.1, 0.15) is 12.0 Å². The van der Waals surface area contributed by atoms with Crippen molar-refractivity contribution in [1.82, 2.24) is 0 Å². The number of ether oxygens (including phenoxy) is 1. The molecule has 1 saturated heterocycles. The number of nitrogens with zero attached hydrogens (tertiary/aromatic N) is 1. The maximum atomic E-state index is 11.6. The van der Waals surface area contributed by atoms with Crippen LogP contribution in [0.3, 0.4) is 0 Å². The lowest BCUT2D eigenvalue weighted by Gasteiger charge is -2.22. The molecule has 2 rings (SSSR count). The first-order chi connectivity index (χ1) is 8.82. The Hall–Kier alpha value is -1.31. The number of anilines is 2. The second kappa shape index (κ2) is 4.99. The van der Waals surface area contributed by atoms with Gasteiger partial charge in [0.2, 0.25) is 10.0 Å². The van der Waals surface area contributed by atoms with Gasteiger partial charge in [-0.1, -0.05) is 0 Å². The Morgan fingerprint density at radius 1 is 1.42 bits per heavy atom. The number of benzene rings is 1. The van der Waals surface area contributed by atoms with Crippen molar-refractivity contribution in [2.75, 3.05) is 30.8 Å². The van der Waals surface area contributed by atoms with Crippen LogP contribution >= 0.6 is 0 Å². The summed E-state index contributed by atoms with van der Waals surface area (Å²) in [6.07, 6.45) is 1.08. The molecular formula is C12H19N3O3S. The molecule has 1 aromatic carbocycles. The SMILES string of the molecule is COC1CCN(c2cc(N)cc(S(N)(=O)=O)c2C)C1. The van der Waals surface area contributed by atoms with Gasteiger partial charge in [-0.3, -0.25) is 0 Å². The lowest BCUT2D eigenvalue weighted by atomic mass is 10.1. The van der Waals surface area contributed by atoms with Crippen molar-refractivity contribution in [3.8, 4) is 0 Å². The van der Waals surface area contributed by atoms with Gasteiger partial charge < -0.3 is 15.4 Å². The fourth-order valence-electron chi connectivity index (χ4n) is 2.46. The number of primary sulfonamides is 1. The fraction of sp³-hybridized carbons (Fsp3) is 0.500. The molecule has 1 aliphatic heterocycles. The summed E-state index contributed by atoms with van der Waals surface area (Å²) in [6, 6.07) is 3.18. The Balaban J connectivity index is 2.45. The third-order valence-electron chi connectivity index (χ3n) is 3.48. The predicted octanol–water partition coefficient (Wildman–Crippen LogP) is 0.450. The number of methoxy groups -OCH3 is 1. The highest BCUT2D eigenvalue weighted by Crippen LogP contribution is 2.31. The molecule has 0 aliphatic carbocycles. The fourth-order valence-corrected chi connectivity index (χ4v) is 3.29. The molecule has 0 radical (unpaired) electrons. The largest absolute Gasteiger partial charge is 0.399 e. The minimum atomic E-state index is -3.77. The summed E-state index contributed by atoms with van der Waals surface area (Å²) >= 11 is 0. The lowest BCUT2D eigenvalue weighted by Crippen LogP contribution is -2.24. The zero-order chi connectivity index (χ0) is 14.2. The molecule has 1 atom stereocenters. The lowest BCUT2D eigenvalue weighted by molar-refractivity contribution is 0.121. The van der Waals surface area contributed by atoms with E-state index in [0.29, 0.717) is 11.3 Å². The van der Waals surface area contributed by atoms with E-state index in [2.05, 4.69) is 4.90 Å². The zero-order valence-electron chi connectivity index (χ0n) is 11.1. The summed E-state index contributed by atoms with van der Waals surface area (Å²) in [5, 5.41) is 5.22. The smallest absolute Gasteiger partial charge is 0.238 e. The molecule has 1 heterocycles. The number of rotatable bonds is 3. The van der Waals surface area contributed by atoms with Crippen LogP contribution in [0.25, 0.3) is 0 Å². The van der Waals surface area contributed by atoms with Gasteiger partial charge in [-0.05, 0) is 31.0 Å². The van der Waals surface area contributed by atoms with Crippen LogP contribution in [0.15, 0.2) is 17.0 Å². The molecule has 0 saturated carbocycles. The van der Waals surface area contributed by atoms with Crippen molar-refractivity contribution in [3.05, 3.63) is 17.7 Å². The van der Waals surface area contributed by atoms with Gasteiger partial charge >= 0.3 is 0 Å². The van der Waals surface area contributed by atoms with Gasteiger partial charge in [0.25, 0.3) is 0 Å². The minimum Gasteiger partial charge on any atom is -0.399 e. The molecule has 1 fully saturated rings. The molecule has 7 heteroatoms. The first-order valence-electron chi connectivity index (χ1n) is 6.03. The first kappa shape index (κ1) is 14.1. The monoisotopic (exact) mass is 285 g/mol. The maximum Gasteiger partial charge on any atom is 0.238 e. The Morgan fingerprint density at radius 2 is 2.11 bits per heavy atom. The highest BCUT2D eigenvalue weighted by molar-refractivity contribution is 7.89. The van der Waals surface area contributed by atoms with Crippen molar-refractivity contribution in [3.63, 3.8) is 0 Å². The van der Waals surface area contributed by atoms with Gasteiger partial charge in [-0.15, -0.1) is 0 Å². The van der Waals surface area contributed by atoms with Gasteiger partial charge in [0.05, 0.1) is 11.0 Å². The molecule has 1 aliphatic rings. The highest BCUT2D eigenvalue weighted by atomic mass is 32.2. The van der Waals surface area contributed by atoms with Crippen molar-refractivity contribution in [1.29, 1.82) is 0 Å². The van der Waals surface area contributed by atoms with E-state index in [1.54, 1.807) is 20.1 Å². The Bertz CT molecular complexity index is 586.